The molecule has 12 heavy (non-hydrogen) atoms. The lowest BCUT2D eigenvalue weighted by Crippen LogP contribution is -2.00. The second-order valence-corrected chi connectivity index (χ2v) is 3.92. The van der Waals surface area contributed by atoms with Crippen molar-refractivity contribution in [2.75, 3.05) is 0 Å². The first-order valence-corrected chi connectivity index (χ1v) is 4.73. The Morgan fingerprint density at radius 3 is 2.75 bits per heavy atom. The summed E-state index contributed by atoms with van der Waals surface area (Å²) < 4.78 is 0. The molecule has 0 spiro atoms. The second-order valence-electron chi connectivity index (χ2n) is 3.92. The third kappa shape index (κ3) is 4.52. The van der Waals surface area contributed by atoms with E-state index in [0.29, 0.717) is 6.23 Å². The Balaban J connectivity index is 2.00. The minimum absolute atomic E-state index is 0.353. The molecule has 0 aromatic heterocycles. The van der Waals surface area contributed by atoms with Gasteiger partial charge in [-0.2, -0.15) is 5.48 Å². The quantitative estimate of drug-likeness (QED) is 0.507. The monoisotopic (exact) mass is 169 g/mol. The summed E-state index contributed by atoms with van der Waals surface area (Å²) in [5, 5.41) is 0. The molecule has 2 unspecified atom stereocenters. The highest BCUT2D eigenvalue weighted by molar-refractivity contribution is 4.92. The van der Waals surface area contributed by atoms with Gasteiger partial charge in [-0.05, 0) is 39.0 Å². The summed E-state index contributed by atoms with van der Waals surface area (Å²) in [6.07, 6.45) is 6.28. The number of hydrogen-bond donors (Lipinski definition) is 1. The molecule has 1 heterocycles. The SMILES string of the molecule is CC(C)=CCCC(C)CC1NO1. The van der Waals surface area contributed by atoms with Gasteiger partial charge in [-0.15, -0.1) is 0 Å². The van der Waals surface area contributed by atoms with E-state index in [2.05, 4.69) is 32.3 Å². The second kappa shape index (κ2) is 4.63. The number of nitrogens with one attached hydrogen (secondary N) is 1. The van der Waals surface area contributed by atoms with Crippen LogP contribution in [-0.4, -0.2) is 6.23 Å². The van der Waals surface area contributed by atoms with Crippen LogP contribution in [0.5, 0.6) is 0 Å². The van der Waals surface area contributed by atoms with E-state index < -0.39 is 0 Å². The van der Waals surface area contributed by atoms with E-state index in [-0.39, 0.29) is 0 Å². The number of hydroxylamine groups is 1. The molecule has 1 saturated heterocycles. The van der Waals surface area contributed by atoms with E-state index in [4.69, 9.17) is 4.84 Å². The molecule has 0 aromatic carbocycles. The Labute approximate surface area is 74.9 Å². The summed E-state index contributed by atoms with van der Waals surface area (Å²) in [5.41, 5.74) is 4.27. The molecule has 1 aliphatic rings. The third-order valence-electron chi connectivity index (χ3n) is 2.11. The Morgan fingerprint density at radius 1 is 1.58 bits per heavy atom. The number of rotatable bonds is 5. The van der Waals surface area contributed by atoms with Crippen molar-refractivity contribution in [2.45, 2.75) is 46.3 Å². The molecule has 0 radical (unpaired) electrons. The van der Waals surface area contributed by atoms with Crippen molar-refractivity contribution in [3.05, 3.63) is 11.6 Å². The molecule has 2 nitrogen and oxygen atoms in total. The maximum Gasteiger partial charge on any atom is 0.151 e. The Kier molecular flexibility index (Phi) is 3.76. The van der Waals surface area contributed by atoms with E-state index in [1.54, 1.807) is 0 Å². The molecule has 70 valence electrons. The fourth-order valence-electron chi connectivity index (χ4n) is 1.28. The van der Waals surface area contributed by atoms with Crippen LogP contribution in [0.15, 0.2) is 11.6 Å². The van der Waals surface area contributed by atoms with E-state index in [1.165, 1.54) is 18.4 Å². The molecule has 0 aliphatic carbocycles. The Bertz CT molecular complexity index is 157. The van der Waals surface area contributed by atoms with Gasteiger partial charge in [0, 0.05) is 0 Å². The lowest BCUT2D eigenvalue weighted by atomic mass is 10.0. The first-order valence-electron chi connectivity index (χ1n) is 4.73. The highest BCUT2D eigenvalue weighted by Crippen LogP contribution is 2.18. The molecule has 0 amide bonds. The predicted molar refractivity (Wildman–Crippen MR) is 50.5 cm³/mol. The lowest BCUT2D eigenvalue weighted by Gasteiger charge is -2.06. The van der Waals surface area contributed by atoms with Crippen LogP contribution in [0.2, 0.25) is 0 Å². The maximum atomic E-state index is 4.94. The van der Waals surface area contributed by atoms with Crippen LogP contribution >= 0.6 is 0 Å². The van der Waals surface area contributed by atoms with Crippen molar-refractivity contribution >= 4 is 0 Å². The minimum Gasteiger partial charge on any atom is -0.278 e. The third-order valence-corrected chi connectivity index (χ3v) is 2.11. The van der Waals surface area contributed by atoms with Crippen LogP contribution in [-0.2, 0) is 4.84 Å². The molecular weight excluding hydrogens is 150 g/mol. The molecule has 2 heteroatoms. The van der Waals surface area contributed by atoms with Gasteiger partial charge in [-0.1, -0.05) is 18.6 Å². The Morgan fingerprint density at radius 2 is 2.25 bits per heavy atom. The smallest absolute Gasteiger partial charge is 0.151 e. The average molecular weight is 169 g/mol. The summed E-state index contributed by atoms with van der Waals surface area (Å²) in [6, 6.07) is 0. The molecule has 1 N–H and O–H groups in total. The topological polar surface area (TPSA) is 34.5 Å². The average Bonchev–Trinajstić information content (AvgIpc) is 2.70. The number of hydrogen-bond acceptors (Lipinski definition) is 2. The van der Waals surface area contributed by atoms with Crippen molar-refractivity contribution in [3.63, 3.8) is 0 Å². The van der Waals surface area contributed by atoms with Crippen molar-refractivity contribution in [1.29, 1.82) is 0 Å². The summed E-state index contributed by atoms with van der Waals surface area (Å²) >= 11 is 0. The van der Waals surface area contributed by atoms with E-state index in [1.807, 2.05) is 0 Å². The van der Waals surface area contributed by atoms with Crippen molar-refractivity contribution < 1.29 is 4.84 Å². The van der Waals surface area contributed by atoms with Crippen LogP contribution in [0.4, 0.5) is 0 Å². The van der Waals surface area contributed by atoms with E-state index in [9.17, 15) is 0 Å². The summed E-state index contributed by atoms with van der Waals surface area (Å²) in [5.74, 6) is 0.764. The molecule has 0 saturated carbocycles. The Hall–Kier alpha value is -0.340. The van der Waals surface area contributed by atoms with E-state index in [0.717, 1.165) is 12.3 Å². The molecule has 0 bridgehead atoms. The van der Waals surface area contributed by atoms with Gasteiger partial charge >= 0.3 is 0 Å². The van der Waals surface area contributed by atoms with Crippen molar-refractivity contribution in [1.82, 2.24) is 5.48 Å². The van der Waals surface area contributed by atoms with Crippen LogP contribution in [0.1, 0.15) is 40.0 Å². The maximum absolute atomic E-state index is 4.94. The minimum atomic E-state index is 0.353. The lowest BCUT2D eigenvalue weighted by molar-refractivity contribution is 0.336. The molecule has 1 rings (SSSR count). The van der Waals surface area contributed by atoms with Gasteiger partial charge in [-0.3, -0.25) is 4.84 Å². The number of allylic oxidation sites excluding steroid dienone is 2. The first kappa shape index (κ1) is 9.75. The normalized spacial score (nSPS) is 23.4. The fourth-order valence-corrected chi connectivity index (χ4v) is 1.28. The largest absolute Gasteiger partial charge is 0.278 e. The summed E-state index contributed by atoms with van der Waals surface area (Å²) in [4.78, 5) is 4.94. The van der Waals surface area contributed by atoms with Crippen molar-refractivity contribution in [3.8, 4) is 0 Å². The van der Waals surface area contributed by atoms with Crippen LogP contribution in [0.3, 0.4) is 0 Å². The zero-order valence-electron chi connectivity index (χ0n) is 8.26. The highest BCUT2D eigenvalue weighted by atomic mass is 16.8. The van der Waals surface area contributed by atoms with Crippen LogP contribution < -0.4 is 5.48 Å². The van der Waals surface area contributed by atoms with Gasteiger partial charge in [0.2, 0.25) is 0 Å². The van der Waals surface area contributed by atoms with Gasteiger partial charge in [0.25, 0.3) is 0 Å². The first-order chi connectivity index (χ1) is 5.68. The van der Waals surface area contributed by atoms with Crippen LogP contribution in [0, 0.1) is 5.92 Å². The standard InChI is InChI=1S/C10H19NO/c1-8(2)5-4-6-9(3)7-10-11-12-10/h5,9-11H,4,6-7H2,1-3H3. The molecule has 2 atom stereocenters. The predicted octanol–water partition coefficient (Wildman–Crippen LogP) is 2.62. The molecule has 0 aromatic rings. The molecular formula is C10H19NO. The van der Waals surface area contributed by atoms with Crippen molar-refractivity contribution in [2.24, 2.45) is 5.92 Å². The van der Waals surface area contributed by atoms with Gasteiger partial charge < -0.3 is 0 Å². The zero-order chi connectivity index (χ0) is 8.97. The van der Waals surface area contributed by atoms with Gasteiger partial charge in [0.05, 0.1) is 0 Å². The summed E-state index contributed by atoms with van der Waals surface area (Å²) in [7, 11) is 0. The molecule has 1 aliphatic heterocycles. The van der Waals surface area contributed by atoms with E-state index >= 15 is 0 Å². The zero-order valence-corrected chi connectivity index (χ0v) is 8.26. The fraction of sp³-hybridized carbons (Fsp3) is 0.800. The molecule has 1 fully saturated rings. The van der Waals surface area contributed by atoms with Crippen LogP contribution in [0.25, 0.3) is 0 Å². The van der Waals surface area contributed by atoms with Gasteiger partial charge in [0.1, 0.15) is 0 Å². The van der Waals surface area contributed by atoms with Gasteiger partial charge in [0.15, 0.2) is 6.23 Å². The summed E-state index contributed by atoms with van der Waals surface area (Å²) in [6.45, 7) is 6.58. The van der Waals surface area contributed by atoms with Gasteiger partial charge in [-0.25, -0.2) is 0 Å². The highest BCUT2D eigenvalue weighted by Gasteiger charge is 2.23.